The van der Waals surface area contributed by atoms with E-state index in [4.69, 9.17) is 0 Å². The second-order valence-electron chi connectivity index (χ2n) is 6.70. The number of benzene rings is 1. The van der Waals surface area contributed by atoms with Crippen molar-refractivity contribution in [2.24, 2.45) is 5.92 Å². The number of nitrogens with zero attached hydrogens (tertiary/aromatic N) is 2. The van der Waals surface area contributed by atoms with Crippen LogP contribution in [0, 0.1) is 5.92 Å². The van der Waals surface area contributed by atoms with Gasteiger partial charge in [0.15, 0.2) is 0 Å². The Morgan fingerprint density at radius 2 is 1.73 bits per heavy atom. The third-order valence-electron chi connectivity index (χ3n) is 4.83. The first kappa shape index (κ1) is 19.1. The molecule has 1 heterocycles. The Labute approximate surface area is 156 Å². The number of hydrogen-bond donors (Lipinski definition) is 1. The fraction of sp³-hybridized carbons (Fsp3) is 0.556. The van der Waals surface area contributed by atoms with Gasteiger partial charge in [-0.15, -0.1) is 0 Å². The molecule has 1 aliphatic carbocycles. The first-order valence-electron chi connectivity index (χ1n) is 8.82. The smallest absolute Gasteiger partial charge is 0.288 e. The zero-order valence-electron chi connectivity index (χ0n) is 14.7. The summed E-state index contributed by atoms with van der Waals surface area (Å²) < 4.78 is 24.7. The molecule has 1 aromatic rings. The van der Waals surface area contributed by atoms with Gasteiger partial charge in [0.1, 0.15) is 0 Å². The Bertz CT molecular complexity index is 644. The molecule has 0 bridgehead atoms. The monoisotopic (exact) mass is 383 g/mol. The summed E-state index contributed by atoms with van der Waals surface area (Å²) in [5, 5.41) is 2.82. The topological polar surface area (TPSA) is 52.7 Å². The standard InChI is InChI=1S/C18H23F2N3O2S/c1-12(22-8-10-23(11-9-22)17(25)13-2-3-13)16(24)21-14-4-6-15(7-5-14)26-18(19)20/h4-7,12-13,18H,2-3,8-11H2,1H3,(H,21,24)/t12-/m1/s1. The van der Waals surface area contributed by atoms with Crippen LogP contribution in [-0.2, 0) is 9.59 Å². The molecule has 2 fully saturated rings. The van der Waals surface area contributed by atoms with Crippen molar-refractivity contribution in [3.05, 3.63) is 24.3 Å². The lowest BCUT2D eigenvalue weighted by Crippen LogP contribution is -2.54. The number of carbonyl (C=O) groups excluding carboxylic acids is 2. The highest BCUT2D eigenvalue weighted by molar-refractivity contribution is 7.99. The van der Waals surface area contributed by atoms with Crippen molar-refractivity contribution in [1.29, 1.82) is 0 Å². The Hall–Kier alpha value is -1.67. The molecule has 0 aromatic heterocycles. The van der Waals surface area contributed by atoms with Crippen molar-refractivity contribution >= 4 is 29.3 Å². The predicted molar refractivity (Wildman–Crippen MR) is 97.3 cm³/mol. The third-order valence-corrected chi connectivity index (χ3v) is 5.55. The van der Waals surface area contributed by atoms with E-state index in [2.05, 4.69) is 10.2 Å². The summed E-state index contributed by atoms with van der Waals surface area (Å²) >= 11 is 0.477. The van der Waals surface area contributed by atoms with Crippen LogP contribution in [0.25, 0.3) is 0 Å². The number of hydrogen-bond acceptors (Lipinski definition) is 4. The van der Waals surface area contributed by atoms with Crippen LogP contribution in [0.2, 0.25) is 0 Å². The van der Waals surface area contributed by atoms with Crippen LogP contribution < -0.4 is 5.32 Å². The van der Waals surface area contributed by atoms with E-state index in [9.17, 15) is 18.4 Å². The quantitative estimate of drug-likeness (QED) is 0.768. The molecule has 0 spiro atoms. The average Bonchev–Trinajstić information content (AvgIpc) is 3.47. The highest BCUT2D eigenvalue weighted by Crippen LogP contribution is 2.31. The van der Waals surface area contributed by atoms with Crippen LogP contribution >= 0.6 is 11.8 Å². The maximum absolute atomic E-state index is 12.4. The lowest BCUT2D eigenvalue weighted by Gasteiger charge is -2.37. The van der Waals surface area contributed by atoms with Crippen molar-refractivity contribution < 1.29 is 18.4 Å². The van der Waals surface area contributed by atoms with Gasteiger partial charge in [-0.3, -0.25) is 14.5 Å². The van der Waals surface area contributed by atoms with E-state index < -0.39 is 5.76 Å². The lowest BCUT2D eigenvalue weighted by atomic mass is 10.2. The van der Waals surface area contributed by atoms with Gasteiger partial charge in [0.25, 0.3) is 5.76 Å². The minimum Gasteiger partial charge on any atom is -0.340 e. The number of alkyl halides is 2. The zero-order valence-corrected chi connectivity index (χ0v) is 15.5. The molecular weight excluding hydrogens is 360 g/mol. The molecule has 1 aliphatic heterocycles. The number of nitrogens with one attached hydrogen (secondary N) is 1. The molecule has 0 unspecified atom stereocenters. The molecule has 2 aliphatic rings. The van der Waals surface area contributed by atoms with Crippen LogP contribution in [0.15, 0.2) is 29.2 Å². The van der Waals surface area contributed by atoms with Crippen LogP contribution in [0.5, 0.6) is 0 Å². The lowest BCUT2D eigenvalue weighted by molar-refractivity contribution is -0.135. The van der Waals surface area contributed by atoms with E-state index in [0.717, 1.165) is 12.8 Å². The molecule has 142 valence electrons. The second kappa shape index (κ2) is 8.35. The molecule has 1 saturated heterocycles. The van der Waals surface area contributed by atoms with E-state index in [-0.39, 0.29) is 23.8 Å². The average molecular weight is 383 g/mol. The fourth-order valence-corrected chi connectivity index (χ4v) is 3.55. The molecule has 0 radical (unpaired) electrons. The third kappa shape index (κ3) is 4.94. The number of anilines is 1. The van der Waals surface area contributed by atoms with Crippen LogP contribution in [0.3, 0.4) is 0 Å². The Kier molecular flexibility index (Phi) is 6.13. The van der Waals surface area contributed by atoms with Gasteiger partial charge in [0.2, 0.25) is 11.8 Å². The SMILES string of the molecule is C[C@H](C(=O)Nc1ccc(SC(F)F)cc1)N1CCN(C(=O)C2CC2)CC1. The van der Waals surface area contributed by atoms with Crippen LogP contribution in [0.1, 0.15) is 19.8 Å². The van der Waals surface area contributed by atoms with Gasteiger partial charge in [-0.1, -0.05) is 11.8 Å². The maximum atomic E-state index is 12.4. The molecule has 2 amide bonds. The maximum Gasteiger partial charge on any atom is 0.288 e. The Morgan fingerprint density at radius 1 is 1.12 bits per heavy atom. The van der Waals surface area contributed by atoms with E-state index in [0.29, 0.717) is 48.5 Å². The van der Waals surface area contributed by atoms with Gasteiger partial charge in [-0.05, 0) is 44.0 Å². The van der Waals surface area contributed by atoms with E-state index in [1.54, 1.807) is 24.3 Å². The first-order valence-corrected chi connectivity index (χ1v) is 9.70. The van der Waals surface area contributed by atoms with Gasteiger partial charge in [0.05, 0.1) is 6.04 Å². The van der Waals surface area contributed by atoms with Crippen LogP contribution in [0.4, 0.5) is 14.5 Å². The molecular formula is C18H23F2N3O2S. The minimum absolute atomic E-state index is 0.138. The van der Waals surface area contributed by atoms with E-state index >= 15 is 0 Å². The molecule has 1 N–H and O–H groups in total. The molecule has 1 atom stereocenters. The van der Waals surface area contributed by atoms with Gasteiger partial charge in [-0.25, -0.2) is 0 Å². The van der Waals surface area contributed by atoms with E-state index in [1.165, 1.54) is 0 Å². The number of halogens is 2. The summed E-state index contributed by atoms with van der Waals surface area (Å²) in [5.74, 6) is -2.11. The van der Waals surface area contributed by atoms with Gasteiger partial charge >= 0.3 is 0 Å². The molecule has 1 aromatic carbocycles. The highest BCUT2D eigenvalue weighted by atomic mass is 32.2. The summed E-state index contributed by atoms with van der Waals surface area (Å²) in [4.78, 5) is 29.0. The second-order valence-corrected chi connectivity index (χ2v) is 7.77. The predicted octanol–water partition coefficient (Wildman–Crippen LogP) is 2.88. The Morgan fingerprint density at radius 3 is 2.27 bits per heavy atom. The van der Waals surface area contributed by atoms with Crippen molar-refractivity contribution in [2.75, 3.05) is 31.5 Å². The highest BCUT2D eigenvalue weighted by Gasteiger charge is 2.35. The minimum atomic E-state index is -2.46. The number of carbonyl (C=O) groups is 2. The summed E-state index contributed by atoms with van der Waals surface area (Å²) in [5.41, 5.74) is 0.586. The molecule has 3 rings (SSSR count). The van der Waals surface area contributed by atoms with Gasteiger partial charge < -0.3 is 10.2 Å². The van der Waals surface area contributed by atoms with Crippen molar-refractivity contribution in [1.82, 2.24) is 9.80 Å². The van der Waals surface area contributed by atoms with E-state index in [1.807, 2.05) is 11.8 Å². The van der Waals surface area contributed by atoms with Crippen molar-refractivity contribution in [3.63, 3.8) is 0 Å². The summed E-state index contributed by atoms with van der Waals surface area (Å²) in [6, 6.07) is 6.07. The summed E-state index contributed by atoms with van der Waals surface area (Å²) in [6.45, 7) is 4.52. The number of piperazine rings is 1. The van der Waals surface area contributed by atoms with Crippen LogP contribution in [-0.4, -0.2) is 59.6 Å². The largest absolute Gasteiger partial charge is 0.340 e. The zero-order chi connectivity index (χ0) is 18.7. The normalized spacial score (nSPS) is 19.5. The van der Waals surface area contributed by atoms with Gasteiger partial charge in [-0.2, -0.15) is 8.78 Å². The van der Waals surface area contributed by atoms with Crippen molar-refractivity contribution in [3.8, 4) is 0 Å². The summed E-state index contributed by atoms with van der Waals surface area (Å²) in [6.07, 6.45) is 2.01. The number of amides is 2. The summed E-state index contributed by atoms with van der Waals surface area (Å²) in [7, 11) is 0. The molecule has 5 nitrogen and oxygen atoms in total. The first-order chi connectivity index (χ1) is 12.4. The van der Waals surface area contributed by atoms with Gasteiger partial charge in [0, 0.05) is 42.7 Å². The molecule has 1 saturated carbocycles. The fourth-order valence-electron chi connectivity index (χ4n) is 3.05. The molecule has 26 heavy (non-hydrogen) atoms. The van der Waals surface area contributed by atoms with Crippen molar-refractivity contribution in [2.45, 2.75) is 36.5 Å². The number of thioether (sulfide) groups is 1. The molecule has 8 heteroatoms. The Balaban J connectivity index is 1.47. The number of rotatable bonds is 6.